The van der Waals surface area contributed by atoms with E-state index >= 15 is 0 Å². The van der Waals surface area contributed by atoms with Gasteiger partial charge in [-0.2, -0.15) is 0 Å². The average molecular weight is 201 g/mol. The second-order valence-corrected chi connectivity index (χ2v) is 3.25. The van der Waals surface area contributed by atoms with E-state index in [9.17, 15) is 4.79 Å². The van der Waals surface area contributed by atoms with Gasteiger partial charge in [-0.1, -0.05) is 12.1 Å². The number of nitrogens with zero attached hydrogens (tertiary/aromatic N) is 1. The Morgan fingerprint density at radius 1 is 1.40 bits per heavy atom. The fraction of sp³-hybridized carbons (Fsp3) is 0.0909. The van der Waals surface area contributed by atoms with Gasteiger partial charge in [0.25, 0.3) is 5.91 Å². The Morgan fingerprint density at radius 2 is 2.27 bits per heavy atom. The summed E-state index contributed by atoms with van der Waals surface area (Å²) in [5, 5.41) is 2.94. The van der Waals surface area contributed by atoms with E-state index in [1.807, 2.05) is 6.07 Å². The maximum Gasteiger partial charge on any atom is 0.253 e. The first-order chi connectivity index (χ1) is 7.26. The molecular weight excluding hydrogens is 190 g/mol. The number of amides is 1. The summed E-state index contributed by atoms with van der Waals surface area (Å²) >= 11 is 0. The highest BCUT2D eigenvalue weighted by Crippen LogP contribution is 2.22. The summed E-state index contributed by atoms with van der Waals surface area (Å²) in [4.78, 5) is 15.7. The third-order valence-corrected chi connectivity index (χ3v) is 2.32. The summed E-state index contributed by atoms with van der Waals surface area (Å²) < 4.78 is 0. The van der Waals surface area contributed by atoms with Crippen molar-refractivity contribution in [3.63, 3.8) is 0 Å². The standard InChI is InChI=1S/C11H11N3O/c12-10(15)11(6-2-4-8-14-11)9-5-1-3-7-13-9/h1-8,14H,(H2,12,15). The van der Waals surface area contributed by atoms with Gasteiger partial charge < -0.3 is 11.1 Å². The highest BCUT2D eigenvalue weighted by molar-refractivity contribution is 5.88. The fourth-order valence-electron chi connectivity index (χ4n) is 1.52. The molecule has 1 unspecified atom stereocenters. The number of carbonyl (C=O) groups excluding carboxylic acids is 1. The van der Waals surface area contributed by atoms with Crippen LogP contribution in [0.25, 0.3) is 0 Å². The normalized spacial score (nSPS) is 23.5. The van der Waals surface area contributed by atoms with Gasteiger partial charge in [0.1, 0.15) is 0 Å². The van der Waals surface area contributed by atoms with E-state index in [2.05, 4.69) is 10.3 Å². The lowest BCUT2D eigenvalue weighted by molar-refractivity contribution is -0.122. The molecule has 76 valence electrons. The Hall–Kier alpha value is -2.10. The van der Waals surface area contributed by atoms with Crippen molar-refractivity contribution in [2.45, 2.75) is 5.54 Å². The number of hydrogen-bond acceptors (Lipinski definition) is 3. The van der Waals surface area contributed by atoms with E-state index in [0.717, 1.165) is 0 Å². The van der Waals surface area contributed by atoms with Gasteiger partial charge in [0.2, 0.25) is 0 Å². The molecule has 2 rings (SSSR count). The van der Waals surface area contributed by atoms with Crippen LogP contribution in [0.3, 0.4) is 0 Å². The summed E-state index contributed by atoms with van der Waals surface area (Å²) in [7, 11) is 0. The maximum absolute atomic E-state index is 11.5. The molecule has 1 amide bonds. The third-order valence-electron chi connectivity index (χ3n) is 2.32. The summed E-state index contributed by atoms with van der Waals surface area (Å²) in [5.41, 5.74) is 4.99. The predicted molar refractivity (Wildman–Crippen MR) is 56.5 cm³/mol. The molecule has 0 spiro atoms. The van der Waals surface area contributed by atoms with Crippen molar-refractivity contribution >= 4 is 5.91 Å². The molecule has 1 aliphatic heterocycles. The van der Waals surface area contributed by atoms with Crippen LogP contribution in [0, 0.1) is 0 Å². The minimum Gasteiger partial charge on any atom is -0.369 e. The van der Waals surface area contributed by atoms with Crippen LogP contribution >= 0.6 is 0 Å². The zero-order chi connectivity index (χ0) is 10.7. The molecule has 4 heteroatoms. The summed E-state index contributed by atoms with van der Waals surface area (Å²) in [5.74, 6) is -0.471. The quantitative estimate of drug-likeness (QED) is 0.729. The van der Waals surface area contributed by atoms with Gasteiger partial charge in [-0.05, 0) is 30.5 Å². The first kappa shape index (κ1) is 9.45. The number of nitrogens with two attached hydrogens (primary N) is 1. The van der Waals surface area contributed by atoms with Crippen molar-refractivity contribution in [2.24, 2.45) is 5.73 Å². The van der Waals surface area contributed by atoms with Crippen LogP contribution in [0.5, 0.6) is 0 Å². The monoisotopic (exact) mass is 201 g/mol. The van der Waals surface area contributed by atoms with Crippen LogP contribution in [0.4, 0.5) is 0 Å². The molecule has 0 radical (unpaired) electrons. The lowest BCUT2D eigenvalue weighted by atomic mass is 9.91. The number of allylic oxidation sites excluding steroid dienone is 2. The van der Waals surface area contributed by atoms with E-state index in [-0.39, 0.29) is 0 Å². The van der Waals surface area contributed by atoms with Gasteiger partial charge in [-0.3, -0.25) is 9.78 Å². The molecule has 0 aromatic carbocycles. The van der Waals surface area contributed by atoms with E-state index in [4.69, 9.17) is 5.73 Å². The Labute approximate surface area is 87.5 Å². The third kappa shape index (κ3) is 1.50. The first-order valence-corrected chi connectivity index (χ1v) is 4.59. The van der Waals surface area contributed by atoms with Crippen LogP contribution < -0.4 is 11.1 Å². The SMILES string of the molecule is NC(=O)C1(c2ccccn2)C=CC=CN1. The van der Waals surface area contributed by atoms with Gasteiger partial charge in [-0.25, -0.2) is 0 Å². The number of carbonyl (C=O) groups is 1. The second kappa shape index (κ2) is 3.57. The molecule has 1 aromatic rings. The summed E-state index contributed by atoms with van der Waals surface area (Å²) in [6.07, 6.45) is 8.59. The van der Waals surface area contributed by atoms with E-state index in [1.165, 1.54) is 0 Å². The molecule has 1 aliphatic rings. The van der Waals surface area contributed by atoms with Gasteiger partial charge in [0, 0.05) is 6.20 Å². The molecule has 4 nitrogen and oxygen atoms in total. The van der Waals surface area contributed by atoms with Crippen LogP contribution in [0.1, 0.15) is 5.69 Å². The fourth-order valence-corrected chi connectivity index (χ4v) is 1.52. The van der Waals surface area contributed by atoms with Crippen molar-refractivity contribution in [3.05, 3.63) is 54.5 Å². The molecule has 0 bridgehead atoms. The lowest BCUT2D eigenvalue weighted by Crippen LogP contribution is -2.50. The van der Waals surface area contributed by atoms with E-state index in [0.29, 0.717) is 5.69 Å². The van der Waals surface area contributed by atoms with Crippen LogP contribution in [0.15, 0.2) is 48.8 Å². The van der Waals surface area contributed by atoms with Crippen molar-refractivity contribution in [1.29, 1.82) is 0 Å². The minimum atomic E-state index is -1.02. The maximum atomic E-state index is 11.5. The molecule has 1 aromatic heterocycles. The summed E-state index contributed by atoms with van der Waals surface area (Å²) in [6, 6.07) is 5.38. The number of pyridine rings is 1. The van der Waals surface area contributed by atoms with E-state index < -0.39 is 11.4 Å². The molecular formula is C11H11N3O. The number of aromatic nitrogens is 1. The van der Waals surface area contributed by atoms with Crippen LogP contribution in [-0.4, -0.2) is 10.9 Å². The predicted octanol–water partition coefficient (Wildman–Crippen LogP) is 0.435. The summed E-state index contributed by atoms with van der Waals surface area (Å²) in [6.45, 7) is 0. The largest absolute Gasteiger partial charge is 0.369 e. The Kier molecular flexibility index (Phi) is 2.25. The molecule has 0 aliphatic carbocycles. The molecule has 2 heterocycles. The number of rotatable bonds is 2. The van der Waals surface area contributed by atoms with Crippen LogP contribution in [-0.2, 0) is 10.3 Å². The van der Waals surface area contributed by atoms with Crippen LogP contribution in [0.2, 0.25) is 0 Å². The van der Waals surface area contributed by atoms with Gasteiger partial charge in [0.05, 0.1) is 5.69 Å². The minimum absolute atomic E-state index is 0.471. The molecule has 3 N–H and O–H groups in total. The van der Waals surface area contributed by atoms with Crippen molar-refractivity contribution in [2.75, 3.05) is 0 Å². The van der Waals surface area contributed by atoms with E-state index in [1.54, 1.807) is 42.8 Å². The van der Waals surface area contributed by atoms with Crippen molar-refractivity contribution in [1.82, 2.24) is 10.3 Å². The number of primary amides is 1. The topological polar surface area (TPSA) is 68.0 Å². The molecule has 0 saturated carbocycles. The van der Waals surface area contributed by atoms with Gasteiger partial charge in [0.15, 0.2) is 5.54 Å². The molecule has 0 saturated heterocycles. The highest BCUT2D eigenvalue weighted by atomic mass is 16.1. The Balaban J connectivity index is 2.49. The zero-order valence-electron chi connectivity index (χ0n) is 8.05. The second-order valence-electron chi connectivity index (χ2n) is 3.25. The average Bonchev–Trinajstić information content (AvgIpc) is 2.31. The van der Waals surface area contributed by atoms with Crippen molar-refractivity contribution in [3.8, 4) is 0 Å². The molecule has 0 fully saturated rings. The number of hydrogen-bond donors (Lipinski definition) is 2. The lowest BCUT2D eigenvalue weighted by Gasteiger charge is -2.28. The van der Waals surface area contributed by atoms with Crippen molar-refractivity contribution < 1.29 is 4.79 Å². The first-order valence-electron chi connectivity index (χ1n) is 4.59. The molecule has 15 heavy (non-hydrogen) atoms. The number of nitrogens with one attached hydrogen (secondary N) is 1. The zero-order valence-corrected chi connectivity index (χ0v) is 8.05. The Bertz CT molecular complexity index is 425. The Morgan fingerprint density at radius 3 is 2.80 bits per heavy atom. The number of dihydropyridines is 1. The smallest absolute Gasteiger partial charge is 0.253 e. The highest BCUT2D eigenvalue weighted by Gasteiger charge is 2.36. The molecule has 1 atom stereocenters. The van der Waals surface area contributed by atoms with Gasteiger partial charge in [-0.15, -0.1) is 0 Å². The van der Waals surface area contributed by atoms with Gasteiger partial charge >= 0.3 is 0 Å².